The number of para-hydroxylation sites is 1. The Morgan fingerprint density at radius 1 is 0.895 bits per heavy atom. The summed E-state index contributed by atoms with van der Waals surface area (Å²) in [5.74, 6) is 1.33. The molecule has 3 aromatic carbocycles. The van der Waals surface area contributed by atoms with Crippen molar-refractivity contribution >= 4 is 33.2 Å². The van der Waals surface area contributed by atoms with Crippen molar-refractivity contribution in [1.82, 2.24) is 4.98 Å². The van der Waals surface area contributed by atoms with Crippen LogP contribution in [-0.4, -0.2) is 22.7 Å². The maximum absolute atomic E-state index is 12.3. The van der Waals surface area contributed by atoms with Crippen LogP contribution < -0.4 is 4.74 Å². The van der Waals surface area contributed by atoms with Crippen LogP contribution in [0.3, 0.4) is 0 Å². The number of hydrogen-bond acceptors (Lipinski definition) is 2. The van der Waals surface area contributed by atoms with Crippen LogP contribution in [0.25, 0.3) is 27.2 Å². The molecule has 1 fully saturated rings. The largest absolute Gasteiger partial charge is 0.493 e. The van der Waals surface area contributed by atoms with Crippen LogP contribution in [0, 0.1) is 11.8 Å². The molecule has 0 saturated heterocycles. The minimum Gasteiger partial charge on any atom is -0.493 e. The number of H-pyrrole nitrogens is 1. The molecule has 38 heavy (non-hydrogen) atoms. The zero-order valence-corrected chi connectivity index (χ0v) is 22.0. The molecule has 4 aromatic rings. The predicted molar refractivity (Wildman–Crippen MR) is 155 cm³/mol. The van der Waals surface area contributed by atoms with E-state index in [2.05, 4.69) is 47.5 Å². The first-order valence-corrected chi connectivity index (χ1v) is 14.4. The maximum Gasteiger partial charge on any atom is 0.352 e. The Bertz CT molecular complexity index is 1470. The zero-order valence-electron chi connectivity index (χ0n) is 22.0. The summed E-state index contributed by atoms with van der Waals surface area (Å²) in [6, 6.07) is 20.7. The van der Waals surface area contributed by atoms with E-state index in [0.717, 1.165) is 51.7 Å². The van der Waals surface area contributed by atoms with Gasteiger partial charge in [-0.15, -0.1) is 0 Å². The number of allylic oxidation sites excluding steroid dienone is 2. The summed E-state index contributed by atoms with van der Waals surface area (Å²) in [5, 5.41) is 13.4. The fraction of sp³-hybridized carbons (Fsp3) is 0.382. The van der Waals surface area contributed by atoms with E-state index in [1.165, 1.54) is 56.1 Å². The number of aromatic amines is 1. The van der Waals surface area contributed by atoms with Gasteiger partial charge >= 0.3 is 5.97 Å². The Morgan fingerprint density at radius 3 is 2.55 bits per heavy atom. The second-order valence-electron chi connectivity index (χ2n) is 11.0. The van der Waals surface area contributed by atoms with Gasteiger partial charge in [-0.2, -0.15) is 0 Å². The average molecular weight is 508 g/mol. The number of nitrogens with one attached hydrogen (secondary N) is 1. The van der Waals surface area contributed by atoms with Crippen LogP contribution in [0.2, 0.25) is 0 Å². The first-order valence-electron chi connectivity index (χ1n) is 14.4. The van der Waals surface area contributed by atoms with Crippen LogP contribution in [0.1, 0.15) is 79.4 Å². The molecule has 2 N–H and O–H groups in total. The molecule has 0 aliphatic heterocycles. The molecule has 4 heteroatoms. The van der Waals surface area contributed by atoms with E-state index in [-0.39, 0.29) is 0 Å². The normalized spacial score (nSPS) is 18.5. The first-order chi connectivity index (χ1) is 18.7. The SMILES string of the molecule is O=C(O)c1[nH]c2c(C3=CCCCC3C3CCCCC3)cccc2c1CCCOc1cccc2ccccc12. The number of aromatic nitrogens is 1. The van der Waals surface area contributed by atoms with Crippen molar-refractivity contribution in [2.75, 3.05) is 6.61 Å². The molecule has 1 atom stereocenters. The number of carboxylic acid groups (broad SMARTS) is 1. The zero-order chi connectivity index (χ0) is 25.9. The Hall–Kier alpha value is -3.53. The highest BCUT2D eigenvalue weighted by Gasteiger charge is 2.30. The Labute approximate surface area is 224 Å². The summed E-state index contributed by atoms with van der Waals surface area (Å²) < 4.78 is 6.16. The van der Waals surface area contributed by atoms with Crippen LogP contribution >= 0.6 is 0 Å². The predicted octanol–water partition coefficient (Wildman–Crippen LogP) is 8.79. The van der Waals surface area contributed by atoms with Gasteiger partial charge in [-0.3, -0.25) is 0 Å². The Morgan fingerprint density at radius 2 is 1.68 bits per heavy atom. The number of ether oxygens (including phenoxy) is 1. The molecular formula is C34H37NO3. The second kappa shape index (κ2) is 11.1. The number of fused-ring (bicyclic) bond motifs is 2. The fourth-order valence-electron chi connectivity index (χ4n) is 6.95. The summed E-state index contributed by atoms with van der Waals surface area (Å²) in [6.07, 6.45) is 14.2. The minimum atomic E-state index is -0.890. The van der Waals surface area contributed by atoms with Crippen molar-refractivity contribution in [3.05, 3.63) is 83.6 Å². The number of aromatic carboxylic acids is 1. The highest BCUT2D eigenvalue weighted by molar-refractivity contribution is 6.01. The average Bonchev–Trinajstić information content (AvgIpc) is 3.35. The van der Waals surface area contributed by atoms with Gasteiger partial charge < -0.3 is 14.8 Å². The lowest BCUT2D eigenvalue weighted by Crippen LogP contribution is -2.21. The van der Waals surface area contributed by atoms with E-state index in [1.807, 2.05) is 24.3 Å². The lowest BCUT2D eigenvalue weighted by Gasteiger charge is -2.34. The molecule has 0 bridgehead atoms. The monoisotopic (exact) mass is 507 g/mol. The summed E-state index contributed by atoms with van der Waals surface area (Å²) in [5.41, 5.74) is 4.85. The molecule has 2 aliphatic carbocycles. The smallest absolute Gasteiger partial charge is 0.352 e. The van der Waals surface area contributed by atoms with Crippen LogP contribution in [-0.2, 0) is 6.42 Å². The number of carboxylic acids is 1. The molecule has 2 aliphatic rings. The van der Waals surface area contributed by atoms with E-state index >= 15 is 0 Å². The number of carbonyl (C=O) groups is 1. The standard InChI is InChI=1S/C34H37NO3/c36-34(37)33-30(20-10-22-38-31-21-8-14-24-13-4-5-16-26(24)31)29-19-9-18-28(32(29)35-33)27-17-7-6-15-25(27)23-11-2-1-3-12-23/h4-5,8-9,13-14,16-19,21,23,25,35H,1-3,6-7,10-12,15,20,22H2,(H,36,37). The number of rotatable bonds is 8. The topological polar surface area (TPSA) is 62.3 Å². The lowest BCUT2D eigenvalue weighted by molar-refractivity contribution is 0.0690. The van der Waals surface area contributed by atoms with Crippen molar-refractivity contribution in [3.63, 3.8) is 0 Å². The van der Waals surface area contributed by atoms with E-state index in [0.29, 0.717) is 24.6 Å². The van der Waals surface area contributed by atoms with Crippen LogP contribution in [0.15, 0.2) is 66.7 Å². The highest BCUT2D eigenvalue weighted by atomic mass is 16.5. The van der Waals surface area contributed by atoms with E-state index in [9.17, 15) is 9.90 Å². The molecule has 1 unspecified atom stereocenters. The Balaban J connectivity index is 1.26. The van der Waals surface area contributed by atoms with E-state index < -0.39 is 5.97 Å². The van der Waals surface area contributed by atoms with Gasteiger partial charge in [0.25, 0.3) is 0 Å². The summed E-state index contributed by atoms with van der Waals surface area (Å²) in [7, 11) is 0. The molecule has 196 valence electrons. The maximum atomic E-state index is 12.3. The quantitative estimate of drug-likeness (QED) is 0.234. The molecular weight excluding hydrogens is 470 g/mol. The molecule has 1 aromatic heterocycles. The van der Waals surface area contributed by atoms with Crippen molar-refractivity contribution in [2.45, 2.75) is 64.2 Å². The van der Waals surface area contributed by atoms with Gasteiger partial charge in [-0.25, -0.2) is 4.79 Å². The second-order valence-corrected chi connectivity index (χ2v) is 11.0. The molecule has 0 amide bonds. The van der Waals surface area contributed by atoms with Gasteiger partial charge in [0, 0.05) is 16.3 Å². The molecule has 1 saturated carbocycles. The first kappa shape index (κ1) is 24.8. The number of benzene rings is 3. The third-order valence-electron chi connectivity index (χ3n) is 8.75. The minimum absolute atomic E-state index is 0.322. The van der Waals surface area contributed by atoms with Gasteiger partial charge in [0.15, 0.2) is 0 Å². The third-order valence-corrected chi connectivity index (χ3v) is 8.75. The van der Waals surface area contributed by atoms with Crippen LogP contribution in [0.4, 0.5) is 0 Å². The number of aryl methyl sites for hydroxylation is 1. The molecule has 6 rings (SSSR count). The molecule has 0 spiro atoms. The van der Waals surface area contributed by atoms with Gasteiger partial charge in [-0.05, 0) is 79.4 Å². The van der Waals surface area contributed by atoms with Crippen molar-refractivity contribution in [3.8, 4) is 5.75 Å². The Kier molecular flexibility index (Phi) is 7.22. The third kappa shape index (κ3) is 4.84. The van der Waals surface area contributed by atoms with Gasteiger partial charge in [0.2, 0.25) is 0 Å². The summed E-state index contributed by atoms with van der Waals surface area (Å²) in [4.78, 5) is 15.7. The van der Waals surface area contributed by atoms with Crippen LogP contribution in [0.5, 0.6) is 5.75 Å². The van der Waals surface area contributed by atoms with E-state index in [1.54, 1.807) is 0 Å². The van der Waals surface area contributed by atoms with Crippen molar-refractivity contribution in [1.29, 1.82) is 0 Å². The van der Waals surface area contributed by atoms with Crippen molar-refractivity contribution < 1.29 is 14.6 Å². The summed E-state index contributed by atoms with van der Waals surface area (Å²) >= 11 is 0. The lowest BCUT2D eigenvalue weighted by atomic mass is 9.70. The van der Waals surface area contributed by atoms with Gasteiger partial charge in [-0.1, -0.05) is 79.9 Å². The van der Waals surface area contributed by atoms with Gasteiger partial charge in [0.05, 0.1) is 12.1 Å². The molecule has 4 nitrogen and oxygen atoms in total. The fourth-order valence-corrected chi connectivity index (χ4v) is 6.95. The summed E-state index contributed by atoms with van der Waals surface area (Å²) in [6.45, 7) is 0.536. The number of hydrogen-bond donors (Lipinski definition) is 2. The molecule has 0 radical (unpaired) electrons. The highest BCUT2D eigenvalue weighted by Crippen LogP contribution is 2.45. The van der Waals surface area contributed by atoms with Gasteiger partial charge in [0.1, 0.15) is 11.4 Å². The van der Waals surface area contributed by atoms with Crippen molar-refractivity contribution in [2.24, 2.45) is 11.8 Å². The van der Waals surface area contributed by atoms with E-state index in [4.69, 9.17) is 4.74 Å². The molecule has 1 heterocycles.